The predicted octanol–water partition coefficient (Wildman–Crippen LogP) is 4.58. The summed E-state index contributed by atoms with van der Waals surface area (Å²) in [5.41, 5.74) is 7.50. The highest BCUT2D eigenvalue weighted by Crippen LogP contribution is 2.42. The van der Waals surface area contributed by atoms with Crippen molar-refractivity contribution in [1.82, 2.24) is 9.38 Å². The highest BCUT2D eigenvalue weighted by Gasteiger charge is 2.36. The van der Waals surface area contributed by atoms with Gasteiger partial charge in [-0.2, -0.15) is 0 Å². The normalized spacial score (nSPS) is 22.5. The zero-order valence-corrected chi connectivity index (χ0v) is 18.1. The molecule has 0 saturated carbocycles. The van der Waals surface area contributed by atoms with Gasteiger partial charge in [0.1, 0.15) is 0 Å². The second-order valence-corrected chi connectivity index (χ2v) is 9.31. The van der Waals surface area contributed by atoms with Gasteiger partial charge in [-0.25, -0.2) is 4.98 Å². The summed E-state index contributed by atoms with van der Waals surface area (Å²) >= 11 is 0. The van der Waals surface area contributed by atoms with Gasteiger partial charge in [-0.15, -0.1) is 0 Å². The molecule has 6 heteroatoms. The maximum absolute atomic E-state index is 5.60. The van der Waals surface area contributed by atoms with Crippen LogP contribution in [0.15, 0.2) is 47.8 Å². The van der Waals surface area contributed by atoms with Crippen LogP contribution in [0.25, 0.3) is 5.52 Å². The summed E-state index contributed by atoms with van der Waals surface area (Å²) in [4.78, 5) is 11.9. The van der Waals surface area contributed by atoms with E-state index in [9.17, 15) is 0 Å². The zero-order chi connectivity index (χ0) is 20.8. The predicted molar refractivity (Wildman–Crippen MR) is 124 cm³/mol. The third-order valence-corrected chi connectivity index (χ3v) is 7.46. The van der Waals surface area contributed by atoms with Gasteiger partial charge in [-0.3, -0.25) is 4.99 Å². The molecule has 3 aliphatic rings. The Balaban J connectivity index is 1.22. The molecule has 1 N–H and O–H groups in total. The largest absolute Gasteiger partial charge is 0.381 e. The lowest BCUT2D eigenvalue weighted by atomic mass is 9.72. The first-order chi connectivity index (χ1) is 15.2. The number of rotatable bonds is 2. The van der Waals surface area contributed by atoms with E-state index in [1.807, 2.05) is 29.2 Å². The monoisotopic (exact) mass is 415 g/mol. The van der Waals surface area contributed by atoms with E-state index in [1.165, 1.54) is 48.2 Å². The van der Waals surface area contributed by atoms with Crippen molar-refractivity contribution in [2.75, 3.05) is 36.5 Å². The van der Waals surface area contributed by atoms with E-state index in [-0.39, 0.29) is 6.17 Å². The third-order valence-electron chi connectivity index (χ3n) is 7.46. The first-order valence-electron chi connectivity index (χ1n) is 11.4. The molecule has 3 aromatic rings. The van der Waals surface area contributed by atoms with Crippen molar-refractivity contribution in [1.29, 1.82) is 0 Å². The Labute approximate surface area is 183 Å². The quantitative estimate of drug-likeness (QED) is 0.666. The van der Waals surface area contributed by atoms with Crippen molar-refractivity contribution >= 4 is 23.1 Å². The number of anilines is 2. The first-order valence-corrected chi connectivity index (χ1v) is 11.4. The van der Waals surface area contributed by atoms with Crippen LogP contribution < -0.4 is 10.2 Å². The zero-order valence-electron chi connectivity index (χ0n) is 18.1. The Hall–Kier alpha value is -2.86. The number of aryl methyl sites for hydroxylation is 1. The van der Waals surface area contributed by atoms with E-state index in [0.717, 1.165) is 37.5 Å². The SMILES string of the molecule is Cc1cc(N2CCC3(CCOCC3)CC2)cc2c1NC(c1cc3cccn3cn1)N=C2. The number of fused-ring (bicyclic) bond motifs is 2. The molecular formula is C25H29N5O. The van der Waals surface area contributed by atoms with Crippen molar-refractivity contribution in [3.8, 4) is 0 Å². The summed E-state index contributed by atoms with van der Waals surface area (Å²) in [6.07, 6.45) is 10.7. The number of hydrogen-bond donors (Lipinski definition) is 1. The second kappa shape index (κ2) is 7.38. The van der Waals surface area contributed by atoms with Crippen molar-refractivity contribution in [2.45, 2.75) is 38.8 Å². The number of piperidine rings is 1. The van der Waals surface area contributed by atoms with Gasteiger partial charge in [-0.1, -0.05) is 0 Å². The van der Waals surface area contributed by atoms with Crippen LogP contribution in [0.2, 0.25) is 0 Å². The van der Waals surface area contributed by atoms with Gasteiger partial charge < -0.3 is 19.4 Å². The molecule has 1 aromatic carbocycles. The highest BCUT2D eigenvalue weighted by molar-refractivity contribution is 5.93. The maximum atomic E-state index is 5.60. The lowest BCUT2D eigenvalue weighted by Crippen LogP contribution is -2.43. The molecule has 0 amide bonds. The Morgan fingerprint density at radius 2 is 1.94 bits per heavy atom. The summed E-state index contributed by atoms with van der Waals surface area (Å²) in [6.45, 7) is 6.33. The lowest BCUT2D eigenvalue weighted by Gasteiger charge is -2.45. The summed E-state index contributed by atoms with van der Waals surface area (Å²) in [5, 5.41) is 3.61. The van der Waals surface area contributed by atoms with Crippen LogP contribution in [0, 0.1) is 12.3 Å². The van der Waals surface area contributed by atoms with Crippen LogP contribution in [0.5, 0.6) is 0 Å². The van der Waals surface area contributed by atoms with Gasteiger partial charge in [0.05, 0.1) is 12.0 Å². The molecular weight excluding hydrogens is 386 g/mol. The van der Waals surface area contributed by atoms with Crippen LogP contribution in [0.3, 0.4) is 0 Å². The summed E-state index contributed by atoms with van der Waals surface area (Å²) in [5.74, 6) is 0. The summed E-state index contributed by atoms with van der Waals surface area (Å²) in [6, 6.07) is 10.8. The topological polar surface area (TPSA) is 54.2 Å². The Kier molecular flexibility index (Phi) is 4.49. The van der Waals surface area contributed by atoms with E-state index < -0.39 is 0 Å². The van der Waals surface area contributed by atoms with Gasteiger partial charge in [0.15, 0.2) is 6.17 Å². The summed E-state index contributed by atoms with van der Waals surface area (Å²) < 4.78 is 7.62. The third kappa shape index (κ3) is 3.39. The van der Waals surface area contributed by atoms with E-state index in [2.05, 4.69) is 46.4 Å². The highest BCUT2D eigenvalue weighted by atomic mass is 16.5. The fraction of sp³-hybridized carbons (Fsp3) is 0.440. The lowest BCUT2D eigenvalue weighted by molar-refractivity contribution is 0.00212. The van der Waals surface area contributed by atoms with Gasteiger partial charge in [0.2, 0.25) is 0 Å². The van der Waals surface area contributed by atoms with E-state index in [0.29, 0.717) is 5.41 Å². The van der Waals surface area contributed by atoms with Crippen LogP contribution in [0.1, 0.15) is 48.7 Å². The Bertz CT molecular complexity index is 1130. The molecule has 5 heterocycles. The van der Waals surface area contributed by atoms with Crippen LogP contribution in [-0.2, 0) is 4.74 Å². The molecule has 0 aliphatic carbocycles. The maximum Gasteiger partial charge on any atom is 0.161 e. The molecule has 0 bridgehead atoms. The van der Waals surface area contributed by atoms with Crippen molar-refractivity contribution in [3.63, 3.8) is 0 Å². The number of nitrogens with one attached hydrogen (secondary N) is 1. The minimum absolute atomic E-state index is 0.152. The number of aromatic nitrogens is 2. The first kappa shape index (κ1) is 18.9. The molecule has 160 valence electrons. The average Bonchev–Trinajstić information content (AvgIpc) is 3.28. The molecule has 1 unspecified atom stereocenters. The van der Waals surface area contributed by atoms with E-state index in [1.54, 1.807) is 0 Å². The number of aliphatic imine (C=N–C) groups is 1. The van der Waals surface area contributed by atoms with Crippen molar-refractivity contribution in [2.24, 2.45) is 10.4 Å². The van der Waals surface area contributed by atoms with E-state index >= 15 is 0 Å². The Morgan fingerprint density at radius 1 is 1.10 bits per heavy atom. The molecule has 3 aliphatic heterocycles. The van der Waals surface area contributed by atoms with Gasteiger partial charge in [-0.05, 0) is 73.9 Å². The molecule has 2 aromatic heterocycles. The molecule has 6 rings (SSSR count). The number of benzene rings is 1. The minimum Gasteiger partial charge on any atom is -0.381 e. The van der Waals surface area contributed by atoms with Crippen molar-refractivity contribution in [3.05, 3.63) is 59.7 Å². The average molecular weight is 416 g/mol. The molecule has 0 radical (unpaired) electrons. The Morgan fingerprint density at radius 3 is 2.77 bits per heavy atom. The molecule has 1 spiro atoms. The fourth-order valence-electron chi connectivity index (χ4n) is 5.40. The summed E-state index contributed by atoms with van der Waals surface area (Å²) in [7, 11) is 0. The second-order valence-electron chi connectivity index (χ2n) is 9.31. The molecule has 2 fully saturated rings. The van der Waals surface area contributed by atoms with Gasteiger partial charge >= 0.3 is 0 Å². The van der Waals surface area contributed by atoms with E-state index in [4.69, 9.17) is 9.73 Å². The number of nitrogens with zero attached hydrogens (tertiary/aromatic N) is 4. The van der Waals surface area contributed by atoms with Crippen LogP contribution in [0.4, 0.5) is 11.4 Å². The van der Waals surface area contributed by atoms with Gasteiger partial charge in [0.25, 0.3) is 0 Å². The van der Waals surface area contributed by atoms with Crippen molar-refractivity contribution < 1.29 is 4.74 Å². The molecule has 6 nitrogen and oxygen atoms in total. The number of ether oxygens (including phenoxy) is 1. The van der Waals surface area contributed by atoms with Crippen LogP contribution in [-0.4, -0.2) is 41.9 Å². The molecule has 2 saturated heterocycles. The van der Waals surface area contributed by atoms with Gasteiger partial charge in [0, 0.05) is 61.2 Å². The fourth-order valence-corrected chi connectivity index (χ4v) is 5.40. The molecule has 31 heavy (non-hydrogen) atoms. The standard InChI is InChI=1S/C25H29N5O/c1-18-13-21(29-9-4-25(5-10-29)6-11-31-12-7-25)14-19-16-26-24(28-23(18)19)22-15-20-3-2-8-30(20)17-27-22/h2-3,8,13-17,24,28H,4-7,9-12H2,1H3. The van der Waals surface area contributed by atoms with Crippen LogP contribution >= 0.6 is 0 Å². The smallest absolute Gasteiger partial charge is 0.161 e. The minimum atomic E-state index is -0.152. The molecule has 1 atom stereocenters. The number of hydrogen-bond acceptors (Lipinski definition) is 5.